The average Bonchev–Trinajstić information content (AvgIpc) is 3.08. The van der Waals surface area contributed by atoms with Gasteiger partial charge in [-0.3, -0.25) is 4.79 Å². The number of pyridine rings is 1. The maximum Gasteiger partial charge on any atom is 0.269 e. The third kappa shape index (κ3) is 3.29. The summed E-state index contributed by atoms with van der Waals surface area (Å²) in [5, 5.41) is 2.74. The molecule has 1 fully saturated rings. The Bertz CT molecular complexity index is 377. The molecule has 16 heavy (non-hydrogen) atoms. The van der Waals surface area contributed by atoms with Gasteiger partial charge in [0.1, 0.15) is 5.69 Å². The van der Waals surface area contributed by atoms with Gasteiger partial charge in [-0.2, -0.15) is 4.39 Å². The van der Waals surface area contributed by atoms with E-state index < -0.39 is 5.95 Å². The molecule has 2 rings (SSSR count). The summed E-state index contributed by atoms with van der Waals surface area (Å²) in [4.78, 5) is 15.0. The molecule has 0 aromatic carbocycles. The molecule has 0 radical (unpaired) electrons. The topological polar surface area (TPSA) is 42.0 Å². The first-order chi connectivity index (χ1) is 7.75. The summed E-state index contributed by atoms with van der Waals surface area (Å²) in [6, 6.07) is 4.23. The van der Waals surface area contributed by atoms with Crippen molar-refractivity contribution in [2.24, 2.45) is 5.92 Å². The quantitative estimate of drug-likeness (QED) is 0.612. The van der Waals surface area contributed by atoms with E-state index in [1.165, 1.54) is 37.5 Å². The van der Waals surface area contributed by atoms with E-state index in [1.54, 1.807) is 0 Å². The second-order valence-electron chi connectivity index (χ2n) is 4.19. The number of amides is 1. The lowest BCUT2D eigenvalue weighted by Crippen LogP contribution is -2.25. The Morgan fingerprint density at radius 1 is 1.50 bits per heavy atom. The first-order valence-electron chi connectivity index (χ1n) is 5.66. The monoisotopic (exact) mass is 222 g/mol. The van der Waals surface area contributed by atoms with Gasteiger partial charge >= 0.3 is 0 Å². The van der Waals surface area contributed by atoms with E-state index in [0.717, 1.165) is 12.3 Å². The molecule has 86 valence electrons. The van der Waals surface area contributed by atoms with Crippen LogP contribution in [0.3, 0.4) is 0 Å². The highest BCUT2D eigenvalue weighted by Gasteiger charge is 2.20. The number of rotatable bonds is 5. The number of aromatic nitrogens is 1. The van der Waals surface area contributed by atoms with Gasteiger partial charge in [-0.25, -0.2) is 4.98 Å². The largest absolute Gasteiger partial charge is 0.351 e. The maximum absolute atomic E-state index is 12.7. The first kappa shape index (κ1) is 11.0. The third-order valence-corrected chi connectivity index (χ3v) is 2.72. The molecule has 1 aromatic rings. The molecular weight excluding hydrogens is 207 g/mol. The fourth-order valence-electron chi connectivity index (χ4n) is 1.62. The van der Waals surface area contributed by atoms with E-state index in [1.807, 2.05) is 0 Å². The Hall–Kier alpha value is -1.45. The fourth-order valence-corrected chi connectivity index (χ4v) is 1.62. The van der Waals surface area contributed by atoms with Crippen LogP contribution in [0.4, 0.5) is 4.39 Å². The van der Waals surface area contributed by atoms with Gasteiger partial charge in [0.15, 0.2) is 0 Å². The van der Waals surface area contributed by atoms with Crippen molar-refractivity contribution in [3.8, 4) is 0 Å². The highest BCUT2D eigenvalue weighted by atomic mass is 19.1. The summed E-state index contributed by atoms with van der Waals surface area (Å²) in [6.45, 7) is 0.646. The van der Waals surface area contributed by atoms with E-state index in [0.29, 0.717) is 6.54 Å². The zero-order valence-electron chi connectivity index (χ0n) is 9.08. The van der Waals surface area contributed by atoms with Gasteiger partial charge < -0.3 is 5.32 Å². The van der Waals surface area contributed by atoms with E-state index in [9.17, 15) is 9.18 Å². The lowest BCUT2D eigenvalue weighted by Gasteiger charge is -2.03. The number of carbonyl (C=O) groups is 1. The zero-order chi connectivity index (χ0) is 11.4. The molecule has 1 N–H and O–H groups in total. The van der Waals surface area contributed by atoms with Crippen LogP contribution >= 0.6 is 0 Å². The van der Waals surface area contributed by atoms with Gasteiger partial charge in [0, 0.05) is 6.54 Å². The smallest absolute Gasteiger partial charge is 0.269 e. The predicted octanol–water partition coefficient (Wildman–Crippen LogP) is 2.14. The van der Waals surface area contributed by atoms with Gasteiger partial charge in [-0.1, -0.05) is 18.9 Å². The lowest BCUT2D eigenvalue weighted by molar-refractivity contribution is 0.0946. The van der Waals surface area contributed by atoms with Crippen molar-refractivity contribution >= 4 is 5.91 Å². The molecule has 3 nitrogen and oxygen atoms in total. The van der Waals surface area contributed by atoms with E-state index in [-0.39, 0.29) is 11.6 Å². The van der Waals surface area contributed by atoms with Crippen LogP contribution in [0.25, 0.3) is 0 Å². The summed E-state index contributed by atoms with van der Waals surface area (Å²) < 4.78 is 12.7. The van der Waals surface area contributed by atoms with Gasteiger partial charge in [0.25, 0.3) is 5.91 Å². The Balaban J connectivity index is 1.73. The fraction of sp³-hybridized carbons (Fsp3) is 0.500. The summed E-state index contributed by atoms with van der Waals surface area (Å²) >= 11 is 0. The SMILES string of the molecule is O=C(NCCCC1CC1)c1cccc(F)n1. The van der Waals surface area contributed by atoms with Crippen molar-refractivity contribution in [1.29, 1.82) is 0 Å². The predicted molar refractivity (Wildman–Crippen MR) is 58.5 cm³/mol. The molecule has 4 heteroatoms. The molecule has 1 heterocycles. The number of hydrogen-bond donors (Lipinski definition) is 1. The first-order valence-corrected chi connectivity index (χ1v) is 5.66. The van der Waals surface area contributed by atoms with Gasteiger partial charge in [0.2, 0.25) is 5.95 Å². The minimum Gasteiger partial charge on any atom is -0.351 e. The van der Waals surface area contributed by atoms with Crippen molar-refractivity contribution in [2.75, 3.05) is 6.54 Å². The minimum atomic E-state index is -0.620. The van der Waals surface area contributed by atoms with Crippen LogP contribution in [0, 0.1) is 11.9 Å². The second-order valence-corrected chi connectivity index (χ2v) is 4.19. The summed E-state index contributed by atoms with van der Waals surface area (Å²) in [7, 11) is 0. The molecule has 1 saturated carbocycles. The van der Waals surface area contributed by atoms with E-state index >= 15 is 0 Å². The van der Waals surface area contributed by atoms with Crippen LogP contribution in [0.15, 0.2) is 18.2 Å². The van der Waals surface area contributed by atoms with Crippen LogP contribution in [0.5, 0.6) is 0 Å². The molecule has 1 aliphatic rings. The Morgan fingerprint density at radius 2 is 2.31 bits per heavy atom. The molecule has 1 amide bonds. The molecule has 0 spiro atoms. The summed E-state index contributed by atoms with van der Waals surface area (Å²) in [5.74, 6) is -0.0369. The van der Waals surface area contributed by atoms with E-state index in [2.05, 4.69) is 10.3 Å². The van der Waals surface area contributed by atoms with Crippen molar-refractivity contribution in [3.63, 3.8) is 0 Å². The summed E-state index contributed by atoms with van der Waals surface area (Å²) in [6.07, 6.45) is 4.83. The molecule has 0 unspecified atom stereocenters. The van der Waals surface area contributed by atoms with Crippen molar-refractivity contribution in [1.82, 2.24) is 10.3 Å². The zero-order valence-corrected chi connectivity index (χ0v) is 9.08. The number of carbonyl (C=O) groups excluding carboxylic acids is 1. The Kier molecular flexibility index (Phi) is 3.49. The highest BCUT2D eigenvalue weighted by molar-refractivity contribution is 5.92. The molecule has 0 atom stereocenters. The number of nitrogens with zero attached hydrogens (tertiary/aromatic N) is 1. The lowest BCUT2D eigenvalue weighted by atomic mass is 10.2. The maximum atomic E-state index is 12.7. The van der Waals surface area contributed by atoms with Crippen LogP contribution in [0.1, 0.15) is 36.2 Å². The normalized spacial score (nSPS) is 14.8. The van der Waals surface area contributed by atoms with Gasteiger partial charge in [-0.05, 0) is 30.9 Å². The van der Waals surface area contributed by atoms with E-state index in [4.69, 9.17) is 0 Å². The molecule has 0 saturated heterocycles. The number of halogens is 1. The highest BCUT2D eigenvalue weighted by Crippen LogP contribution is 2.33. The molecule has 1 aliphatic carbocycles. The third-order valence-electron chi connectivity index (χ3n) is 2.72. The average molecular weight is 222 g/mol. The van der Waals surface area contributed by atoms with Gasteiger partial charge in [-0.15, -0.1) is 0 Å². The molecule has 0 bridgehead atoms. The Morgan fingerprint density at radius 3 is 3.00 bits per heavy atom. The standard InChI is InChI=1S/C12H15FN2O/c13-11-5-1-4-10(15-11)12(16)14-8-2-3-9-6-7-9/h1,4-5,9H,2-3,6-8H2,(H,14,16). The van der Waals surface area contributed by atoms with Crippen LogP contribution in [-0.2, 0) is 0 Å². The Labute approximate surface area is 94.1 Å². The van der Waals surface area contributed by atoms with Gasteiger partial charge in [0.05, 0.1) is 0 Å². The summed E-state index contributed by atoms with van der Waals surface area (Å²) in [5.41, 5.74) is 0.145. The molecule has 1 aromatic heterocycles. The second kappa shape index (κ2) is 5.05. The minimum absolute atomic E-state index is 0.145. The number of nitrogens with one attached hydrogen (secondary N) is 1. The number of hydrogen-bond acceptors (Lipinski definition) is 2. The molecule has 0 aliphatic heterocycles. The van der Waals surface area contributed by atoms with Crippen LogP contribution < -0.4 is 5.32 Å². The van der Waals surface area contributed by atoms with Crippen molar-refractivity contribution in [2.45, 2.75) is 25.7 Å². The van der Waals surface area contributed by atoms with Crippen molar-refractivity contribution < 1.29 is 9.18 Å². The molecular formula is C12H15FN2O. The van der Waals surface area contributed by atoms with Crippen molar-refractivity contribution in [3.05, 3.63) is 29.8 Å². The van der Waals surface area contributed by atoms with Crippen LogP contribution in [-0.4, -0.2) is 17.4 Å². The van der Waals surface area contributed by atoms with Crippen LogP contribution in [0.2, 0.25) is 0 Å².